The fourth-order valence-corrected chi connectivity index (χ4v) is 4.01. The van der Waals surface area contributed by atoms with Gasteiger partial charge in [-0.1, -0.05) is 17.7 Å². The number of hydrogen-bond donors (Lipinski definition) is 1. The van der Waals surface area contributed by atoms with E-state index in [0.29, 0.717) is 19.4 Å². The molecule has 1 aromatic carbocycles. The third-order valence-corrected chi connectivity index (χ3v) is 5.53. The van der Waals surface area contributed by atoms with Crippen LogP contribution in [0.3, 0.4) is 0 Å². The molecule has 1 N–H and O–H groups in total. The smallest absolute Gasteiger partial charge is 0.324 e. The Labute approximate surface area is 148 Å². The van der Waals surface area contributed by atoms with Crippen LogP contribution in [-0.4, -0.2) is 39.7 Å². The molecule has 2 rings (SSSR count). The van der Waals surface area contributed by atoms with E-state index in [9.17, 15) is 18.5 Å². The molecule has 1 aliphatic heterocycles. The van der Waals surface area contributed by atoms with Gasteiger partial charge in [-0.15, -0.1) is 0 Å². The normalized spacial score (nSPS) is 22.0. The Balaban J connectivity index is 2.30. The number of nitriles is 1. The number of ether oxygens (including phenoxy) is 2. The zero-order valence-corrected chi connectivity index (χ0v) is 15.1. The first-order chi connectivity index (χ1) is 11.9. The van der Waals surface area contributed by atoms with E-state index in [1.54, 1.807) is 19.1 Å². The lowest BCUT2D eigenvalue weighted by molar-refractivity contribution is -0.149. The van der Waals surface area contributed by atoms with Crippen LogP contribution < -0.4 is 4.72 Å². The lowest BCUT2D eigenvalue weighted by Gasteiger charge is -2.32. The van der Waals surface area contributed by atoms with Crippen LogP contribution in [0.4, 0.5) is 0 Å². The number of hydrogen-bond acceptors (Lipinski definition) is 6. The minimum absolute atomic E-state index is 0.0534. The summed E-state index contributed by atoms with van der Waals surface area (Å²) in [6.45, 7) is 4.02. The van der Waals surface area contributed by atoms with Crippen molar-refractivity contribution in [2.75, 3.05) is 13.2 Å². The van der Waals surface area contributed by atoms with Crippen LogP contribution in [-0.2, 0) is 24.3 Å². The molecule has 1 aromatic rings. The van der Waals surface area contributed by atoms with Gasteiger partial charge in [0.15, 0.2) is 0 Å². The lowest BCUT2D eigenvalue weighted by atomic mass is 9.88. The van der Waals surface area contributed by atoms with Crippen molar-refractivity contribution in [3.63, 3.8) is 0 Å². The molecule has 0 unspecified atom stereocenters. The average Bonchev–Trinajstić information content (AvgIpc) is 2.60. The molecule has 1 heterocycles. The number of esters is 1. The summed E-state index contributed by atoms with van der Waals surface area (Å²) in [6, 6.07) is 7.12. The van der Waals surface area contributed by atoms with Gasteiger partial charge in [-0.25, -0.2) is 8.42 Å². The van der Waals surface area contributed by atoms with Gasteiger partial charge in [0, 0.05) is 12.5 Å². The van der Waals surface area contributed by atoms with E-state index in [-0.39, 0.29) is 11.5 Å². The van der Waals surface area contributed by atoms with Crippen molar-refractivity contribution in [2.45, 2.75) is 43.7 Å². The molecular formula is C17H22N2O5S. The molecule has 0 spiro atoms. The highest BCUT2D eigenvalue weighted by Crippen LogP contribution is 2.26. The van der Waals surface area contributed by atoms with Crippen molar-refractivity contribution >= 4 is 16.0 Å². The van der Waals surface area contributed by atoms with Gasteiger partial charge in [-0.05, 0) is 38.8 Å². The summed E-state index contributed by atoms with van der Waals surface area (Å²) in [7, 11) is -3.94. The van der Waals surface area contributed by atoms with Gasteiger partial charge in [-0.2, -0.15) is 9.98 Å². The number of sulfonamides is 1. The van der Waals surface area contributed by atoms with Gasteiger partial charge in [-0.3, -0.25) is 4.79 Å². The monoisotopic (exact) mass is 366 g/mol. The number of carbonyl (C=O) groups is 1. The molecule has 3 atom stereocenters. The largest absolute Gasteiger partial charge is 0.465 e. The Bertz CT molecular complexity index is 739. The van der Waals surface area contributed by atoms with Crippen LogP contribution in [0.5, 0.6) is 0 Å². The number of benzene rings is 1. The molecule has 8 heteroatoms. The van der Waals surface area contributed by atoms with Crippen LogP contribution in [0.1, 0.15) is 25.3 Å². The molecule has 0 radical (unpaired) electrons. The molecule has 25 heavy (non-hydrogen) atoms. The SMILES string of the molecule is CCOC(=O)[C@@H](NS(=O)(=O)c1ccc(C)cc1)[C@@H]1CCCO[C@@H]1C#N. The van der Waals surface area contributed by atoms with Gasteiger partial charge in [0.1, 0.15) is 12.1 Å². The van der Waals surface area contributed by atoms with Crippen LogP contribution in [0.15, 0.2) is 29.2 Å². The van der Waals surface area contributed by atoms with Crippen LogP contribution in [0.2, 0.25) is 0 Å². The minimum atomic E-state index is -3.94. The zero-order valence-electron chi connectivity index (χ0n) is 14.3. The van der Waals surface area contributed by atoms with Crippen molar-refractivity contribution in [1.82, 2.24) is 4.72 Å². The van der Waals surface area contributed by atoms with Gasteiger partial charge in [0.2, 0.25) is 10.0 Å². The van der Waals surface area contributed by atoms with Crippen molar-refractivity contribution in [2.24, 2.45) is 5.92 Å². The van der Waals surface area contributed by atoms with Crippen LogP contribution in [0, 0.1) is 24.2 Å². The van der Waals surface area contributed by atoms with E-state index in [1.807, 2.05) is 13.0 Å². The van der Waals surface area contributed by atoms with E-state index in [1.165, 1.54) is 12.1 Å². The first kappa shape index (κ1) is 19.4. The summed E-state index contributed by atoms with van der Waals surface area (Å²) in [5.74, 6) is -1.30. The maximum atomic E-state index is 12.7. The Morgan fingerprint density at radius 1 is 1.44 bits per heavy atom. The van der Waals surface area contributed by atoms with E-state index in [2.05, 4.69) is 4.72 Å². The highest BCUT2D eigenvalue weighted by Gasteiger charge is 2.40. The first-order valence-corrected chi connectivity index (χ1v) is 9.64. The first-order valence-electron chi connectivity index (χ1n) is 8.16. The molecule has 136 valence electrons. The molecule has 0 aliphatic carbocycles. The fraction of sp³-hybridized carbons (Fsp3) is 0.529. The minimum Gasteiger partial charge on any atom is -0.465 e. The van der Waals surface area contributed by atoms with E-state index in [0.717, 1.165) is 5.56 Å². The third-order valence-electron chi connectivity index (χ3n) is 4.08. The highest BCUT2D eigenvalue weighted by molar-refractivity contribution is 7.89. The molecule has 7 nitrogen and oxygen atoms in total. The van der Waals surface area contributed by atoms with Gasteiger partial charge in [0.25, 0.3) is 0 Å². The summed E-state index contributed by atoms with van der Waals surface area (Å²) >= 11 is 0. The van der Waals surface area contributed by atoms with Crippen molar-refractivity contribution in [3.05, 3.63) is 29.8 Å². The molecular weight excluding hydrogens is 344 g/mol. The molecule has 0 bridgehead atoms. The molecule has 0 amide bonds. The molecule has 1 fully saturated rings. The second-order valence-corrected chi connectivity index (χ2v) is 7.60. The Hall–Kier alpha value is -1.95. The number of aryl methyl sites for hydroxylation is 1. The number of nitrogens with one attached hydrogen (secondary N) is 1. The van der Waals surface area contributed by atoms with Crippen LogP contribution >= 0.6 is 0 Å². The Morgan fingerprint density at radius 2 is 2.12 bits per heavy atom. The Morgan fingerprint density at radius 3 is 2.72 bits per heavy atom. The van der Waals surface area contributed by atoms with E-state index in [4.69, 9.17) is 9.47 Å². The summed E-state index contributed by atoms with van der Waals surface area (Å²) in [5.41, 5.74) is 0.922. The van der Waals surface area contributed by atoms with Crippen molar-refractivity contribution in [1.29, 1.82) is 5.26 Å². The van der Waals surface area contributed by atoms with Crippen LogP contribution in [0.25, 0.3) is 0 Å². The zero-order chi connectivity index (χ0) is 18.4. The second-order valence-electron chi connectivity index (χ2n) is 5.89. The Kier molecular flexibility index (Phi) is 6.53. The van der Waals surface area contributed by atoms with Gasteiger partial charge in [0.05, 0.1) is 17.6 Å². The number of nitrogens with zero attached hydrogens (tertiary/aromatic N) is 1. The summed E-state index contributed by atoms with van der Waals surface area (Å²) in [4.78, 5) is 12.4. The highest BCUT2D eigenvalue weighted by atomic mass is 32.2. The molecule has 1 saturated heterocycles. The predicted molar refractivity (Wildman–Crippen MR) is 90.0 cm³/mol. The molecule has 0 saturated carbocycles. The second kappa shape index (κ2) is 8.43. The lowest BCUT2D eigenvalue weighted by Crippen LogP contribution is -2.51. The summed E-state index contributed by atoms with van der Waals surface area (Å²) in [6.07, 6.45) is 0.284. The average molecular weight is 366 g/mol. The quantitative estimate of drug-likeness (QED) is 0.765. The topological polar surface area (TPSA) is 105 Å². The van der Waals surface area contributed by atoms with Crippen molar-refractivity contribution < 1.29 is 22.7 Å². The van der Waals surface area contributed by atoms with Gasteiger partial charge < -0.3 is 9.47 Å². The van der Waals surface area contributed by atoms with E-state index >= 15 is 0 Å². The molecule has 0 aromatic heterocycles. The maximum absolute atomic E-state index is 12.7. The number of rotatable bonds is 6. The summed E-state index contributed by atoms with van der Waals surface area (Å²) in [5, 5.41) is 9.26. The summed E-state index contributed by atoms with van der Waals surface area (Å²) < 4.78 is 38.1. The van der Waals surface area contributed by atoms with Crippen molar-refractivity contribution in [3.8, 4) is 6.07 Å². The van der Waals surface area contributed by atoms with Gasteiger partial charge >= 0.3 is 5.97 Å². The number of carbonyl (C=O) groups excluding carboxylic acids is 1. The predicted octanol–water partition coefficient (Wildman–Crippen LogP) is 1.52. The van der Waals surface area contributed by atoms with E-state index < -0.39 is 34.1 Å². The third kappa shape index (κ3) is 4.78. The standard InChI is InChI=1S/C17H22N2O5S/c1-3-23-17(20)16(14-5-4-10-24-15(14)11-18)19-25(21,22)13-8-6-12(2)7-9-13/h6-9,14-16,19H,3-5,10H2,1-2H3/t14-,15-,16+/m1/s1. The maximum Gasteiger partial charge on any atom is 0.324 e. The fourth-order valence-electron chi connectivity index (χ4n) is 2.77. The molecule has 1 aliphatic rings.